The van der Waals surface area contributed by atoms with Crippen LogP contribution in [-0.4, -0.2) is 22.5 Å². The lowest BCUT2D eigenvalue weighted by atomic mass is 10.1. The van der Waals surface area contributed by atoms with E-state index in [0.29, 0.717) is 18.1 Å². The third-order valence-corrected chi connectivity index (χ3v) is 3.43. The summed E-state index contributed by atoms with van der Waals surface area (Å²) in [6.45, 7) is 2.89. The lowest BCUT2D eigenvalue weighted by Gasteiger charge is -2.10. The van der Waals surface area contributed by atoms with Gasteiger partial charge in [-0.15, -0.1) is 0 Å². The molecule has 1 atom stereocenters. The van der Waals surface area contributed by atoms with E-state index < -0.39 is 0 Å². The predicted octanol–water partition coefficient (Wildman–Crippen LogP) is 3.51. The first kappa shape index (κ1) is 15.3. The number of oxime groups is 1. The third-order valence-electron chi connectivity index (χ3n) is 3.43. The molecule has 0 saturated carbocycles. The largest absolute Gasteiger partial charge is 0.494 e. The molecule has 0 amide bonds. The summed E-state index contributed by atoms with van der Waals surface area (Å²) in [6.07, 6.45) is 7.25. The van der Waals surface area contributed by atoms with Crippen molar-refractivity contribution in [2.45, 2.75) is 32.3 Å². The monoisotopic (exact) mass is 313 g/mol. The molecular formula is C17H19N3O3. The molecule has 3 rings (SSSR count). The van der Waals surface area contributed by atoms with Gasteiger partial charge >= 0.3 is 0 Å². The number of unbranched alkanes of at least 4 members (excludes halogenated alkanes) is 1. The number of nitrogens with zero attached hydrogens (tertiary/aromatic N) is 3. The van der Waals surface area contributed by atoms with E-state index in [2.05, 4.69) is 22.0 Å². The number of hydrogen-bond acceptors (Lipinski definition) is 6. The van der Waals surface area contributed by atoms with Gasteiger partial charge in [-0.05, 0) is 24.1 Å². The fourth-order valence-electron chi connectivity index (χ4n) is 2.18. The SMILES string of the molecule is CCCCOc1ccc([C@H]2CC(Oc3cncnc3)=NO2)cc1. The van der Waals surface area contributed by atoms with Gasteiger partial charge in [0.15, 0.2) is 11.9 Å². The minimum absolute atomic E-state index is 0.140. The Hall–Kier alpha value is -2.63. The molecule has 1 aromatic carbocycles. The highest BCUT2D eigenvalue weighted by atomic mass is 16.7. The average molecular weight is 313 g/mol. The Morgan fingerprint density at radius 2 is 1.91 bits per heavy atom. The standard InChI is InChI=1S/C17H19N3O3/c1-2-3-8-21-14-6-4-13(5-7-14)16-9-17(20-23-16)22-15-10-18-12-19-11-15/h4-7,10-12,16H,2-3,8-9H2,1H3/t16-/m1/s1. The number of rotatable bonds is 6. The first-order valence-electron chi connectivity index (χ1n) is 7.73. The summed E-state index contributed by atoms with van der Waals surface area (Å²) in [6, 6.07) is 7.91. The summed E-state index contributed by atoms with van der Waals surface area (Å²) in [5, 5.41) is 3.98. The fraction of sp³-hybridized carbons (Fsp3) is 0.353. The van der Waals surface area contributed by atoms with Crippen LogP contribution in [0.4, 0.5) is 0 Å². The van der Waals surface area contributed by atoms with Crippen LogP contribution in [0, 0.1) is 0 Å². The van der Waals surface area contributed by atoms with E-state index in [1.165, 1.54) is 6.33 Å². The Morgan fingerprint density at radius 1 is 1.13 bits per heavy atom. The van der Waals surface area contributed by atoms with Crippen molar-refractivity contribution in [3.8, 4) is 11.5 Å². The summed E-state index contributed by atoms with van der Waals surface area (Å²) in [5.74, 6) is 1.95. The van der Waals surface area contributed by atoms with Crippen LogP contribution in [0.1, 0.15) is 37.9 Å². The molecule has 23 heavy (non-hydrogen) atoms. The lowest BCUT2D eigenvalue weighted by molar-refractivity contribution is 0.0855. The predicted molar refractivity (Wildman–Crippen MR) is 85.4 cm³/mol. The molecule has 0 N–H and O–H groups in total. The van der Waals surface area contributed by atoms with E-state index in [1.54, 1.807) is 12.4 Å². The van der Waals surface area contributed by atoms with Crippen molar-refractivity contribution in [3.05, 3.63) is 48.5 Å². The van der Waals surface area contributed by atoms with Gasteiger partial charge in [0.2, 0.25) is 5.90 Å². The molecule has 0 aliphatic carbocycles. The Kier molecular flexibility index (Phi) is 5.03. The maximum Gasteiger partial charge on any atom is 0.235 e. The minimum atomic E-state index is -0.140. The highest BCUT2D eigenvalue weighted by Crippen LogP contribution is 2.29. The maximum atomic E-state index is 5.66. The number of benzene rings is 1. The van der Waals surface area contributed by atoms with Crippen LogP contribution in [0.2, 0.25) is 0 Å². The van der Waals surface area contributed by atoms with Crippen molar-refractivity contribution in [1.29, 1.82) is 0 Å². The van der Waals surface area contributed by atoms with Crippen LogP contribution in [-0.2, 0) is 4.84 Å². The van der Waals surface area contributed by atoms with E-state index in [1.807, 2.05) is 24.3 Å². The minimum Gasteiger partial charge on any atom is -0.494 e. The average Bonchev–Trinajstić information content (AvgIpc) is 3.05. The summed E-state index contributed by atoms with van der Waals surface area (Å²) < 4.78 is 11.2. The molecule has 6 nitrogen and oxygen atoms in total. The van der Waals surface area contributed by atoms with Crippen LogP contribution in [0.5, 0.6) is 11.5 Å². The zero-order chi connectivity index (χ0) is 15.9. The highest BCUT2D eigenvalue weighted by molar-refractivity contribution is 5.79. The van der Waals surface area contributed by atoms with Gasteiger partial charge in [0.1, 0.15) is 12.1 Å². The molecule has 0 radical (unpaired) electrons. The third kappa shape index (κ3) is 4.18. The Labute approximate surface area is 135 Å². The fourth-order valence-corrected chi connectivity index (χ4v) is 2.18. The molecule has 2 heterocycles. The second-order valence-corrected chi connectivity index (χ2v) is 5.23. The normalized spacial score (nSPS) is 16.6. The quantitative estimate of drug-likeness (QED) is 0.764. The first-order valence-corrected chi connectivity index (χ1v) is 7.73. The van der Waals surface area contributed by atoms with E-state index in [-0.39, 0.29) is 6.10 Å². The molecule has 0 saturated heterocycles. The summed E-state index contributed by atoms with van der Waals surface area (Å²) >= 11 is 0. The molecule has 0 spiro atoms. The van der Waals surface area contributed by atoms with Crippen molar-refractivity contribution >= 4 is 5.90 Å². The van der Waals surface area contributed by atoms with Gasteiger partial charge in [0, 0.05) is 0 Å². The van der Waals surface area contributed by atoms with Gasteiger partial charge in [0.05, 0.1) is 25.4 Å². The number of ether oxygens (including phenoxy) is 2. The molecule has 1 aromatic heterocycles. The van der Waals surface area contributed by atoms with E-state index in [9.17, 15) is 0 Å². The summed E-state index contributed by atoms with van der Waals surface area (Å²) in [4.78, 5) is 13.2. The molecule has 0 fully saturated rings. The maximum absolute atomic E-state index is 5.66. The van der Waals surface area contributed by atoms with Crippen molar-refractivity contribution in [3.63, 3.8) is 0 Å². The Balaban J connectivity index is 1.53. The van der Waals surface area contributed by atoms with E-state index in [4.69, 9.17) is 14.3 Å². The molecular weight excluding hydrogens is 294 g/mol. The number of hydrogen-bond donors (Lipinski definition) is 0. The second kappa shape index (κ2) is 7.58. The van der Waals surface area contributed by atoms with Crippen molar-refractivity contribution in [2.24, 2.45) is 5.16 Å². The summed E-state index contributed by atoms with van der Waals surface area (Å²) in [5.41, 5.74) is 1.04. The van der Waals surface area contributed by atoms with E-state index in [0.717, 1.165) is 30.8 Å². The van der Waals surface area contributed by atoms with Gasteiger partial charge in [-0.25, -0.2) is 9.97 Å². The molecule has 2 aromatic rings. The molecule has 6 heteroatoms. The van der Waals surface area contributed by atoms with Gasteiger partial charge in [-0.1, -0.05) is 30.6 Å². The molecule has 0 unspecified atom stereocenters. The molecule has 1 aliphatic rings. The van der Waals surface area contributed by atoms with Gasteiger partial charge in [-0.2, -0.15) is 0 Å². The van der Waals surface area contributed by atoms with Crippen molar-refractivity contribution in [2.75, 3.05) is 6.61 Å². The zero-order valence-corrected chi connectivity index (χ0v) is 13.0. The molecule has 0 bridgehead atoms. The van der Waals surface area contributed by atoms with Crippen LogP contribution >= 0.6 is 0 Å². The van der Waals surface area contributed by atoms with Crippen molar-refractivity contribution in [1.82, 2.24) is 9.97 Å². The van der Waals surface area contributed by atoms with Crippen molar-refractivity contribution < 1.29 is 14.3 Å². The van der Waals surface area contributed by atoms with Crippen LogP contribution < -0.4 is 9.47 Å². The smallest absolute Gasteiger partial charge is 0.235 e. The molecule has 120 valence electrons. The second-order valence-electron chi connectivity index (χ2n) is 5.23. The van der Waals surface area contributed by atoms with E-state index >= 15 is 0 Å². The van der Waals surface area contributed by atoms with Crippen LogP contribution in [0.15, 0.2) is 48.1 Å². The Bertz CT molecular complexity index is 644. The van der Waals surface area contributed by atoms with Crippen LogP contribution in [0.25, 0.3) is 0 Å². The molecule has 1 aliphatic heterocycles. The lowest BCUT2D eigenvalue weighted by Crippen LogP contribution is -2.07. The van der Waals surface area contributed by atoms with Gasteiger partial charge in [0.25, 0.3) is 0 Å². The Morgan fingerprint density at radius 3 is 2.65 bits per heavy atom. The summed E-state index contributed by atoms with van der Waals surface area (Å²) in [7, 11) is 0. The van der Waals surface area contributed by atoms with Gasteiger partial charge < -0.3 is 14.3 Å². The number of aromatic nitrogens is 2. The zero-order valence-electron chi connectivity index (χ0n) is 13.0. The topological polar surface area (TPSA) is 65.8 Å². The van der Waals surface area contributed by atoms with Crippen LogP contribution in [0.3, 0.4) is 0 Å². The first-order chi connectivity index (χ1) is 11.3. The van der Waals surface area contributed by atoms with Gasteiger partial charge in [-0.3, -0.25) is 0 Å². The highest BCUT2D eigenvalue weighted by Gasteiger charge is 2.24.